The molecule has 1 aromatic heterocycles. The third-order valence-electron chi connectivity index (χ3n) is 2.84. The third-order valence-corrected chi connectivity index (χ3v) is 2.84. The van der Waals surface area contributed by atoms with Gasteiger partial charge in [-0.15, -0.1) is 0 Å². The zero-order valence-corrected chi connectivity index (χ0v) is 11.3. The monoisotopic (exact) mass is 236 g/mol. The van der Waals surface area contributed by atoms with E-state index in [2.05, 4.69) is 48.8 Å². The normalized spacial score (nSPS) is 12.8. The molecule has 0 aliphatic rings. The summed E-state index contributed by atoms with van der Waals surface area (Å²) in [6.45, 7) is 6.91. The topological polar surface area (TPSA) is 45.4 Å². The summed E-state index contributed by atoms with van der Waals surface area (Å²) >= 11 is 0. The molecule has 0 fully saturated rings. The molecule has 2 N–H and O–H groups in total. The van der Waals surface area contributed by atoms with Gasteiger partial charge in [-0.3, -0.25) is 0 Å². The van der Waals surface area contributed by atoms with Gasteiger partial charge in [-0.25, -0.2) is 4.98 Å². The highest BCUT2D eigenvalue weighted by atomic mass is 15.2. The van der Waals surface area contributed by atoms with Crippen LogP contribution < -0.4 is 10.6 Å². The van der Waals surface area contributed by atoms with Crippen LogP contribution in [0, 0.1) is 0 Å². The standard InChI is InChI=1S/C13H24N4/c1-5-17(11(2)10-16(3)4)13-7-6-12(8-14)9-15-13/h6-7,9,11H,5,8,10,14H2,1-4H3. The van der Waals surface area contributed by atoms with Gasteiger partial charge in [0, 0.05) is 31.9 Å². The molecule has 0 amide bonds. The summed E-state index contributed by atoms with van der Waals surface area (Å²) in [6.07, 6.45) is 1.86. The van der Waals surface area contributed by atoms with Crippen LogP contribution in [0.2, 0.25) is 0 Å². The van der Waals surface area contributed by atoms with Crippen molar-refractivity contribution in [3.63, 3.8) is 0 Å². The maximum atomic E-state index is 5.57. The first-order valence-electron chi connectivity index (χ1n) is 6.14. The highest BCUT2D eigenvalue weighted by molar-refractivity contribution is 5.40. The molecule has 1 rings (SSSR count). The van der Waals surface area contributed by atoms with E-state index in [1.807, 2.05) is 12.3 Å². The van der Waals surface area contributed by atoms with E-state index in [9.17, 15) is 0 Å². The summed E-state index contributed by atoms with van der Waals surface area (Å²) < 4.78 is 0. The second-order valence-corrected chi connectivity index (χ2v) is 4.63. The molecule has 1 unspecified atom stereocenters. The van der Waals surface area contributed by atoms with Gasteiger partial charge < -0.3 is 15.5 Å². The van der Waals surface area contributed by atoms with Crippen LogP contribution in [0.5, 0.6) is 0 Å². The molecule has 0 aromatic carbocycles. The zero-order chi connectivity index (χ0) is 12.8. The first kappa shape index (κ1) is 13.9. The molecule has 96 valence electrons. The van der Waals surface area contributed by atoms with E-state index >= 15 is 0 Å². The van der Waals surface area contributed by atoms with Crippen LogP contribution in [0.4, 0.5) is 5.82 Å². The Kier molecular flexibility index (Phi) is 5.38. The van der Waals surface area contributed by atoms with Crippen molar-refractivity contribution in [2.75, 3.05) is 32.1 Å². The number of hydrogen-bond acceptors (Lipinski definition) is 4. The van der Waals surface area contributed by atoms with Crippen LogP contribution in [0.1, 0.15) is 19.4 Å². The average Bonchev–Trinajstić information content (AvgIpc) is 2.30. The van der Waals surface area contributed by atoms with Crippen molar-refractivity contribution in [1.82, 2.24) is 9.88 Å². The average molecular weight is 236 g/mol. The molecule has 0 aliphatic carbocycles. The largest absolute Gasteiger partial charge is 0.353 e. The predicted molar refractivity (Wildman–Crippen MR) is 73.2 cm³/mol. The van der Waals surface area contributed by atoms with E-state index in [-0.39, 0.29) is 0 Å². The number of rotatable bonds is 6. The molecule has 4 heteroatoms. The number of nitrogens with two attached hydrogens (primary N) is 1. The van der Waals surface area contributed by atoms with Crippen molar-refractivity contribution >= 4 is 5.82 Å². The van der Waals surface area contributed by atoms with E-state index in [0.29, 0.717) is 12.6 Å². The lowest BCUT2D eigenvalue weighted by molar-refractivity contribution is 0.372. The summed E-state index contributed by atoms with van der Waals surface area (Å²) in [6, 6.07) is 4.55. The van der Waals surface area contributed by atoms with Crippen LogP contribution in [0.25, 0.3) is 0 Å². The van der Waals surface area contributed by atoms with Crippen molar-refractivity contribution in [2.24, 2.45) is 5.73 Å². The maximum absolute atomic E-state index is 5.57. The second-order valence-electron chi connectivity index (χ2n) is 4.63. The Hall–Kier alpha value is -1.13. The minimum atomic E-state index is 0.450. The SMILES string of the molecule is CCN(c1ccc(CN)cn1)C(C)CN(C)C. The number of aromatic nitrogens is 1. The lowest BCUT2D eigenvalue weighted by Crippen LogP contribution is -2.40. The maximum Gasteiger partial charge on any atom is 0.128 e. The van der Waals surface area contributed by atoms with E-state index in [0.717, 1.165) is 24.5 Å². The van der Waals surface area contributed by atoms with Gasteiger partial charge in [-0.1, -0.05) is 6.07 Å². The molecule has 0 bridgehead atoms. The highest BCUT2D eigenvalue weighted by Crippen LogP contribution is 2.14. The van der Waals surface area contributed by atoms with Gasteiger partial charge in [0.1, 0.15) is 5.82 Å². The fraction of sp³-hybridized carbons (Fsp3) is 0.615. The minimum Gasteiger partial charge on any atom is -0.353 e. The lowest BCUT2D eigenvalue weighted by atomic mass is 10.2. The molecular formula is C13H24N4. The van der Waals surface area contributed by atoms with Gasteiger partial charge in [0.15, 0.2) is 0 Å². The second kappa shape index (κ2) is 6.57. The number of hydrogen-bond donors (Lipinski definition) is 1. The van der Waals surface area contributed by atoms with E-state index in [4.69, 9.17) is 5.73 Å². The van der Waals surface area contributed by atoms with Gasteiger partial charge in [-0.05, 0) is 39.6 Å². The molecule has 17 heavy (non-hydrogen) atoms. The Morgan fingerprint density at radius 3 is 2.47 bits per heavy atom. The molecule has 0 radical (unpaired) electrons. The Balaban J connectivity index is 2.77. The van der Waals surface area contributed by atoms with Gasteiger partial charge in [-0.2, -0.15) is 0 Å². The van der Waals surface area contributed by atoms with E-state index in [1.165, 1.54) is 0 Å². The highest BCUT2D eigenvalue weighted by Gasteiger charge is 2.14. The predicted octanol–water partition coefficient (Wildman–Crippen LogP) is 1.32. The first-order valence-corrected chi connectivity index (χ1v) is 6.14. The van der Waals surface area contributed by atoms with Crippen molar-refractivity contribution in [1.29, 1.82) is 0 Å². The molecule has 0 aliphatic heterocycles. The van der Waals surface area contributed by atoms with E-state index < -0.39 is 0 Å². The molecule has 4 nitrogen and oxygen atoms in total. The first-order chi connectivity index (χ1) is 8.08. The van der Waals surface area contributed by atoms with Gasteiger partial charge in [0.2, 0.25) is 0 Å². The molecule has 0 saturated carbocycles. The van der Waals surface area contributed by atoms with Crippen molar-refractivity contribution < 1.29 is 0 Å². The van der Waals surface area contributed by atoms with Crippen LogP contribution in [0.15, 0.2) is 18.3 Å². The number of pyridine rings is 1. The fourth-order valence-corrected chi connectivity index (χ4v) is 2.03. The van der Waals surface area contributed by atoms with Crippen LogP contribution in [-0.2, 0) is 6.54 Å². The van der Waals surface area contributed by atoms with Crippen molar-refractivity contribution in [2.45, 2.75) is 26.4 Å². The summed E-state index contributed by atoms with van der Waals surface area (Å²) in [7, 11) is 4.19. The van der Waals surface area contributed by atoms with Crippen molar-refractivity contribution in [3.05, 3.63) is 23.9 Å². The Morgan fingerprint density at radius 2 is 2.06 bits per heavy atom. The van der Waals surface area contributed by atoms with Crippen LogP contribution >= 0.6 is 0 Å². The van der Waals surface area contributed by atoms with Gasteiger partial charge in [0.25, 0.3) is 0 Å². The molecule has 1 aromatic rings. The summed E-state index contributed by atoms with van der Waals surface area (Å²) in [5.74, 6) is 1.03. The van der Waals surface area contributed by atoms with Crippen LogP contribution in [0.3, 0.4) is 0 Å². The Labute approximate surface area is 104 Å². The summed E-state index contributed by atoms with van der Waals surface area (Å²) in [5.41, 5.74) is 6.65. The molecule has 1 heterocycles. The molecule has 0 spiro atoms. The summed E-state index contributed by atoms with van der Waals surface area (Å²) in [5, 5.41) is 0. The number of anilines is 1. The Morgan fingerprint density at radius 1 is 1.35 bits per heavy atom. The molecular weight excluding hydrogens is 212 g/mol. The lowest BCUT2D eigenvalue weighted by Gasteiger charge is -2.31. The number of likely N-dealkylation sites (N-methyl/N-ethyl adjacent to an activating group) is 2. The van der Waals surface area contributed by atoms with Gasteiger partial charge in [0.05, 0.1) is 0 Å². The van der Waals surface area contributed by atoms with Crippen molar-refractivity contribution in [3.8, 4) is 0 Å². The van der Waals surface area contributed by atoms with Gasteiger partial charge >= 0.3 is 0 Å². The van der Waals surface area contributed by atoms with E-state index in [1.54, 1.807) is 0 Å². The Bertz CT molecular complexity index is 321. The minimum absolute atomic E-state index is 0.450. The molecule has 1 atom stereocenters. The smallest absolute Gasteiger partial charge is 0.128 e. The molecule has 0 saturated heterocycles. The number of nitrogens with zero attached hydrogens (tertiary/aromatic N) is 3. The quantitative estimate of drug-likeness (QED) is 0.809. The zero-order valence-electron chi connectivity index (χ0n) is 11.3. The summed E-state index contributed by atoms with van der Waals surface area (Å²) in [4.78, 5) is 8.98. The van der Waals surface area contributed by atoms with Crippen LogP contribution in [-0.4, -0.2) is 43.1 Å². The fourth-order valence-electron chi connectivity index (χ4n) is 2.03. The third kappa shape index (κ3) is 3.98.